The number of thioether (sulfide) groups is 1. The molecule has 0 fully saturated rings. The van der Waals surface area contributed by atoms with Crippen LogP contribution in [0.25, 0.3) is 22.9 Å². The van der Waals surface area contributed by atoms with Gasteiger partial charge in [-0.05, 0) is 55.0 Å². The molecule has 0 aromatic carbocycles. The Kier molecular flexibility index (Phi) is 6.11. The maximum absolute atomic E-state index is 12.6. The normalized spacial score (nSPS) is 15.2. The van der Waals surface area contributed by atoms with Crippen LogP contribution in [0, 0.1) is 17.2 Å². The highest BCUT2D eigenvalue weighted by Gasteiger charge is 2.25. The Balaban J connectivity index is 1.24. The first-order valence-corrected chi connectivity index (χ1v) is 12.6. The largest absolute Gasteiger partial charge is 0.463 e. The van der Waals surface area contributed by atoms with Gasteiger partial charge in [0.15, 0.2) is 16.7 Å². The number of aromatic nitrogens is 2. The molecule has 1 amide bonds. The number of amides is 1. The third-order valence-corrected chi connectivity index (χ3v) is 7.69. The fraction of sp³-hybridized carbons (Fsp3) is 0.292. The van der Waals surface area contributed by atoms with Crippen molar-refractivity contribution in [1.82, 2.24) is 9.97 Å². The van der Waals surface area contributed by atoms with Crippen LogP contribution in [0.3, 0.4) is 0 Å². The van der Waals surface area contributed by atoms with Crippen LogP contribution in [0.4, 0.5) is 5.00 Å². The van der Waals surface area contributed by atoms with E-state index in [1.807, 2.05) is 24.3 Å². The van der Waals surface area contributed by atoms with Gasteiger partial charge in [0.25, 0.3) is 0 Å². The van der Waals surface area contributed by atoms with Crippen molar-refractivity contribution in [3.05, 3.63) is 52.8 Å². The predicted octanol–water partition coefficient (Wildman–Crippen LogP) is 6.11. The number of carbonyl (C=O) groups is 1. The van der Waals surface area contributed by atoms with E-state index in [1.165, 1.54) is 16.6 Å². The molecule has 4 aromatic heterocycles. The maximum Gasteiger partial charge on any atom is 0.225 e. The Morgan fingerprint density at radius 1 is 1.33 bits per heavy atom. The van der Waals surface area contributed by atoms with Gasteiger partial charge in [0, 0.05) is 17.1 Å². The van der Waals surface area contributed by atoms with Gasteiger partial charge in [-0.1, -0.05) is 18.7 Å². The molecule has 0 saturated carbocycles. The summed E-state index contributed by atoms with van der Waals surface area (Å²) in [5.74, 6) is 2.36. The van der Waals surface area contributed by atoms with Crippen molar-refractivity contribution >= 4 is 34.0 Å². The number of nitriles is 1. The molecular weight excluding hydrogens is 456 g/mol. The number of rotatable bonds is 7. The minimum Gasteiger partial charge on any atom is -0.463 e. The van der Waals surface area contributed by atoms with Gasteiger partial charge >= 0.3 is 0 Å². The first kappa shape index (κ1) is 21.6. The summed E-state index contributed by atoms with van der Waals surface area (Å²) in [6.45, 7) is 2.23. The molecule has 5 rings (SSSR count). The number of furan rings is 2. The summed E-state index contributed by atoms with van der Waals surface area (Å²) in [6, 6.07) is 9.63. The van der Waals surface area contributed by atoms with Crippen LogP contribution in [0.1, 0.15) is 35.8 Å². The fourth-order valence-corrected chi connectivity index (χ4v) is 6.19. The van der Waals surface area contributed by atoms with Crippen molar-refractivity contribution in [2.75, 3.05) is 11.1 Å². The second-order valence-electron chi connectivity index (χ2n) is 8.03. The fourth-order valence-electron chi connectivity index (χ4n) is 4.00. The van der Waals surface area contributed by atoms with Crippen molar-refractivity contribution in [2.45, 2.75) is 37.8 Å². The number of carbonyl (C=O) groups excluding carboxylic acids is 1. The lowest BCUT2D eigenvalue weighted by Gasteiger charge is -2.17. The number of nitrogens with one attached hydrogen (secondary N) is 2. The van der Waals surface area contributed by atoms with E-state index in [0.29, 0.717) is 51.0 Å². The van der Waals surface area contributed by atoms with Crippen molar-refractivity contribution in [2.24, 2.45) is 5.92 Å². The molecule has 0 spiro atoms. The number of imidazole rings is 1. The summed E-state index contributed by atoms with van der Waals surface area (Å²) in [5.41, 5.74) is 3.16. The molecular formula is C24H22N4O3S2. The van der Waals surface area contributed by atoms with Crippen LogP contribution < -0.4 is 5.32 Å². The Morgan fingerprint density at radius 2 is 2.12 bits per heavy atom. The molecule has 4 aromatic rings. The second kappa shape index (κ2) is 9.33. The van der Waals surface area contributed by atoms with Crippen molar-refractivity contribution < 1.29 is 13.6 Å². The van der Waals surface area contributed by atoms with Crippen molar-refractivity contribution in [1.29, 1.82) is 5.26 Å². The Hall–Kier alpha value is -3.22. The second-order valence-corrected chi connectivity index (χ2v) is 10.2. The summed E-state index contributed by atoms with van der Waals surface area (Å²) in [5, 5.41) is 14.0. The molecule has 33 heavy (non-hydrogen) atoms. The van der Waals surface area contributed by atoms with Gasteiger partial charge in [0.1, 0.15) is 22.5 Å². The molecule has 0 radical (unpaired) electrons. The Morgan fingerprint density at radius 3 is 2.85 bits per heavy atom. The highest BCUT2D eigenvalue weighted by atomic mass is 32.2. The number of anilines is 1. The molecule has 0 bridgehead atoms. The lowest BCUT2D eigenvalue weighted by atomic mass is 9.89. The molecule has 4 heterocycles. The van der Waals surface area contributed by atoms with Crippen LogP contribution in [-0.4, -0.2) is 21.6 Å². The minimum atomic E-state index is -0.102. The van der Waals surface area contributed by atoms with E-state index >= 15 is 0 Å². The molecule has 168 valence electrons. The summed E-state index contributed by atoms with van der Waals surface area (Å²) in [4.78, 5) is 21.8. The highest BCUT2D eigenvalue weighted by Crippen LogP contribution is 2.39. The van der Waals surface area contributed by atoms with Crippen LogP contribution in [0.2, 0.25) is 0 Å². The molecule has 1 aliphatic carbocycles. The summed E-state index contributed by atoms with van der Waals surface area (Å²) in [6.07, 6.45) is 6.50. The average molecular weight is 479 g/mol. The van der Waals surface area contributed by atoms with Crippen molar-refractivity contribution in [3.8, 4) is 29.0 Å². The SMILES string of the molecule is CC1CCc2c(sc(NC(=O)CCSc3nc(-c4ccco4)c(-c4ccco4)[nH]3)c2C#N)C1. The Bertz CT molecular complexity index is 1240. The minimum absolute atomic E-state index is 0.102. The molecule has 7 nitrogen and oxygen atoms in total. The molecule has 0 aliphatic heterocycles. The highest BCUT2D eigenvalue weighted by molar-refractivity contribution is 7.99. The van der Waals surface area contributed by atoms with E-state index in [2.05, 4.69) is 28.3 Å². The lowest BCUT2D eigenvalue weighted by Crippen LogP contribution is -2.12. The summed E-state index contributed by atoms with van der Waals surface area (Å²) in [7, 11) is 0. The molecule has 0 saturated heterocycles. The third kappa shape index (κ3) is 4.49. The standard InChI is InChI=1S/C24H22N4O3S2/c1-14-6-7-15-16(13-25)23(33-19(15)12-14)26-20(29)8-11-32-24-27-21(17-4-2-9-30-17)22(28-24)18-5-3-10-31-18/h2-5,9-10,14H,6-8,11-12H2,1H3,(H,26,29)(H,27,28). The number of hydrogen-bond acceptors (Lipinski definition) is 7. The van der Waals surface area contributed by atoms with E-state index in [0.717, 1.165) is 30.5 Å². The van der Waals surface area contributed by atoms with Gasteiger partial charge in [-0.3, -0.25) is 4.79 Å². The van der Waals surface area contributed by atoms with E-state index in [4.69, 9.17) is 8.83 Å². The number of hydrogen-bond donors (Lipinski definition) is 2. The quantitative estimate of drug-likeness (QED) is 0.310. The molecule has 1 unspecified atom stereocenters. The zero-order chi connectivity index (χ0) is 22.8. The van der Waals surface area contributed by atoms with Gasteiger partial charge in [-0.25, -0.2) is 4.98 Å². The van der Waals surface area contributed by atoms with Gasteiger partial charge in [-0.2, -0.15) is 5.26 Å². The van der Waals surface area contributed by atoms with Crippen LogP contribution in [0.5, 0.6) is 0 Å². The first-order valence-electron chi connectivity index (χ1n) is 10.8. The van der Waals surface area contributed by atoms with Crippen LogP contribution in [0.15, 0.2) is 50.8 Å². The lowest BCUT2D eigenvalue weighted by molar-refractivity contribution is -0.115. The van der Waals surface area contributed by atoms with E-state index in [9.17, 15) is 10.1 Å². The van der Waals surface area contributed by atoms with Gasteiger partial charge in [-0.15, -0.1) is 11.3 Å². The van der Waals surface area contributed by atoms with Gasteiger partial charge in [0.2, 0.25) is 5.91 Å². The maximum atomic E-state index is 12.6. The average Bonchev–Trinajstić information content (AvgIpc) is 3.58. The topological polar surface area (TPSA) is 108 Å². The number of thiophene rings is 1. The molecule has 1 aliphatic rings. The molecule has 1 atom stereocenters. The monoisotopic (exact) mass is 478 g/mol. The Labute approximate surface area is 199 Å². The number of H-pyrrole nitrogens is 1. The van der Waals surface area contributed by atoms with E-state index in [-0.39, 0.29) is 5.91 Å². The first-order chi connectivity index (χ1) is 16.1. The third-order valence-electron chi connectivity index (χ3n) is 5.65. The smallest absolute Gasteiger partial charge is 0.225 e. The zero-order valence-electron chi connectivity index (χ0n) is 18.0. The van der Waals surface area contributed by atoms with E-state index < -0.39 is 0 Å². The molecule has 2 N–H and O–H groups in total. The molecule has 9 heteroatoms. The number of aromatic amines is 1. The van der Waals surface area contributed by atoms with Crippen LogP contribution in [-0.2, 0) is 17.6 Å². The zero-order valence-corrected chi connectivity index (χ0v) is 19.6. The number of fused-ring (bicyclic) bond motifs is 1. The van der Waals surface area contributed by atoms with Gasteiger partial charge < -0.3 is 19.1 Å². The number of nitrogens with zero attached hydrogens (tertiary/aromatic N) is 2. The predicted molar refractivity (Wildman–Crippen MR) is 128 cm³/mol. The van der Waals surface area contributed by atoms with Crippen molar-refractivity contribution in [3.63, 3.8) is 0 Å². The van der Waals surface area contributed by atoms with E-state index in [1.54, 1.807) is 23.9 Å². The summed E-state index contributed by atoms with van der Waals surface area (Å²) >= 11 is 3.00. The van der Waals surface area contributed by atoms with Crippen LogP contribution >= 0.6 is 23.1 Å². The summed E-state index contributed by atoms with van der Waals surface area (Å²) < 4.78 is 11.1. The van der Waals surface area contributed by atoms with Gasteiger partial charge in [0.05, 0.1) is 18.1 Å².